The zero-order valence-corrected chi connectivity index (χ0v) is 16.1. The summed E-state index contributed by atoms with van der Waals surface area (Å²) in [6.07, 6.45) is -7.51. The highest BCUT2D eigenvalue weighted by molar-refractivity contribution is 5.80. The van der Waals surface area contributed by atoms with Gasteiger partial charge in [-0.3, -0.25) is 9.89 Å². The number of pyridine rings is 1. The molecule has 0 spiro atoms. The molecule has 2 N–H and O–H groups in total. The molecule has 2 rings (SSSR count). The molecule has 1 unspecified atom stereocenters. The summed E-state index contributed by atoms with van der Waals surface area (Å²) in [5, 5.41) is 5.65. The van der Waals surface area contributed by atoms with Gasteiger partial charge in [-0.15, -0.1) is 0 Å². The number of rotatable bonds is 5. The highest BCUT2D eigenvalue weighted by Gasteiger charge is 2.41. The van der Waals surface area contributed by atoms with Crippen molar-refractivity contribution < 1.29 is 26.3 Å². The molecule has 1 aliphatic rings. The second kappa shape index (κ2) is 9.51. The van der Waals surface area contributed by atoms with Gasteiger partial charge in [0.1, 0.15) is 11.9 Å². The zero-order chi connectivity index (χ0) is 21.7. The van der Waals surface area contributed by atoms with Crippen LogP contribution in [0.1, 0.15) is 12.5 Å². The lowest BCUT2D eigenvalue weighted by Crippen LogP contribution is -2.57. The number of nitrogens with zero attached hydrogens (tertiary/aromatic N) is 4. The molecule has 0 aromatic carbocycles. The molecule has 1 fully saturated rings. The van der Waals surface area contributed by atoms with Crippen LogP contribution in [0.5, 0.6) is 0 Å². The van der Waals surface area contributed by atoms with Crippen molar-refractivity contribution in [2.45, 2.75) is 25.3 Å². The fourth-order valence-electron chi connectivity index (χ4n) is 2.99. The topological polar surface area (TPSA) is 55.8 Å². The van der Waals surface area contributed by atoms with E-state index in [-0.39, 0.29) is 32.0 Å². The molecule has 0 aliphatic carbocycles. The second-order valence-corrected chi connectivity index (χ2v) is 6.54. The Bertz CT molecular complexity index is 682. The van der Waals surface area contributed by atoms with Gasteiger partial charge in [-0.25, -0.2) is 4.98 Å². The van der Waals surface area contributed by atoms with Crippen LogP contribution in [0.4, 0.5) is 32.2 Å². The predicted molar refractivity (Wildman–Crippen MR) is 97.8 cm³/mol. The SMILES string of the molecule is CN=C(NCCNc1ncccc1C(F)(F)F)N1CCN(C(C)C(F)(F)F)CC1. The van der Waals surface area contributed by atoms with Gasteiger partial charge in [-0.05, 0) is 19.1 Å². The maximum atomic E-state index is 12.9. The Labute approximate surface area is 165 Å². The number of guanidine groups is 1. The average Bonchev–Trinajstić information content (AvgIpc) is 2.66. The minimum Gasteiger partial charge on any atom is -0.368 e. The number of aliphatic imine (C=N–C) groups is 1. The highest BCUT2D eigenvalue weighted by atomic mass is 19.4. The van der Waals surface area contributed by atoms with Crippen molar-refractivity contribution in [3.8, 4) is 0 Å². The molecule has 0 bridgehead atoms. The molecule has 2 heterocycles. The maximum absolute atomic E-state index is 12.9. The van der Waals surface area contributed by atoms with Crippen molar-refractivity contribution in [2.75, 3.05) is 51.6 Å². The minimum absolute atomic E-state index is 0.157. The van der Waals surface area contributed by atoms with Crippen LogP contribution >= 0.6 is 0 Å². The molecular weight excluding hydrogens is 402 g/mol. The van der Waals surface area contributed by atoms with Crippen molar-refractivity contribution in [3.63, 3.8) is 0 Å². The molecule has 0 amide bonds. The Kier molecular flexibility index (Phi) is 7.55. The van der Waals surface area contributed by atoms with Crippen LogP contribution in [-0.2, 0) is 6.18 Å². The Hall–Kier alpha value is -2.24. The largest absolute Gasteiger partial charge is 0.419 e. The highest BCUT2D eigenvalue weighted by Crippen LogP contribution is 2.33. The van der Waals surface area contributed by atoms with Crippen LogP contribution < -0.4 is 10.6 Å². The Morgan fingerprint density at radius 2 is 1.79 bits per heavy atom. The van der Waals surface area contributed by atoms with Gasteiger partial charge in [-0.2, -0.15) is 26.3 Å². The first-order chi connectivity index (χ1) is 13.5. The summed E-state index contributed by atoms with van der Waals surface area (Å²) in [7, 11) is 1.54. The third-order valence-corrected chi connectivity index (χ3v) is 4.66. The molecule has 29 heavy (non-hydrogen) atoms. The van der Waals surface area contributed by atoms with Gasteiger partial charge in [0, 0.05) is 52.5 Å². The number of alkyl halides is 6. The monoisotopic (exact) mass is 426 g/mol. The van der Waals surface area contributed by atoms with E-state index in [0.29, 0.717) is 19.0 Å². The summed E-state index contributed by atoms with van der Waals surface area (Å²) in [4.78, 5) is 11.0. The van der Waals surface area contributed by atoms with Crippen LogP contribution in [0.2, 0.25) is 0 Å². The van der Waals surface area contributed by atoms with E-state index in [1.165, 1.54) is 17.2 Å². The summed E-state index contributed by atoms with van der Waals surface area (Å²) in [5.74, 6) is 0.231. The van der Waals surface area contributed by atoms with E-state index in [9.17, 15) is 26.3 Å². The van der Waals surface area contributed by atoms with Gasteiger partial charge < -0.3 is 15.5 Å². The molecule has 1 saturated heterocycles. The van der Waals surface area contributed by atoms with Crippen LogP contribution in [-0.4, -0.2) is 79.3 Å². The van der Waals surface area contributed by atoms with E-state index in [1.807, 2.05) is 4.90 Å². The third-order valence-electron chi connectivity index (χ3n) is 4.66. The van der Waals surface area contributed by atoms with Gasteiger partial charge in [0.2, 0.25) is 0 Å². The molecule has 0 radical (unpaired) electrons. The van der Waals surface area contributed by atoms with Crippen LogP contribution in [0.25, 0.3) is 0 Å². The lowest BCUT2D eigenvalue weighted by molar-refractivity contribution is -0.181. The predicted octanol–water partition coefficient (Wildman–Crippen LogP) is 2.66. The van der Waals surface area contributed by atoms with E-state index in [1.54, 1.807) is 7.05 Å². The normalized spacial score (nSPS) is 17.9. The lowest BCUT2D eigenvalue weighted by atomic mass is 10.2. The lowest BCUT2D eigenvalue weighted by Gasteiger charge is -2.39. The van der Waals surface area contributed by atoms with Gasteiger partial charge in [-0.1, -0.05) is 0 Å². The van der Waals surface area contributed by atoms with Crippen molar-refractivity contribution in [1.82, 2.24) is 20.1 Å². The number of hydrogen-bond donors (Lipinski definition) is 2. The molecular formula is C17H24F6N6. The Morgan fingerprint density at radius 1 is 1.14 bits per heavy atom. The van der Waals surface area contributed by atoms with Crippen molar-refractivity contribution in [3.05, 3.63) is 23.9 Å². The molecule has 164 valence electrons. The summed E-state index contributed by atoms with van der Waals surface area (Å²) in [5.41, 5.74) is -0.848. The number of piperazine rings is 1. The van der Waals surface area contributed by atoms with Crippen LogP contribution in [0.15, 0.2) is 23.3 Å². The fourth-order valence-corrected chi connectivity index (χ4v) is 2.99. The van der Waals surface area contributed by atoms with Gasteiger partial charge in [0.25, 0.3) is 0 Å². The molecule has 1 atom stereocenters. The van der Waals surface area contributed by atoms with Gasteiger partial charge in [0.05, 0.1) is 5.56 Å². The Balaban J connectivity index is 1.81. The number of nitrogens with one attached hydrogen (secondary N) is 2. The van der Waals surface area contributed by atoms with Gasteiger partial charge in [0.15, 0.2) is 5.96 Å². The molecule has 0 saturated carbocycles. The first-order valence-electron chi connectivity index (χ1n) is 9.06. The molecule has 12 heteroatoms. The van der Waals surface area contributed by atoms with Crippen molar-refractivity contribution >= 4 is 11.8 Å². The van der Waals surface area contributed by atoms with Crippen molar-refractivity contribution in [2.24, 2.45) is 4.99 Å². The quantitative estimate of drug-likeness (QED) is 0.328. The first-order valence-corrected chi connectivity index (χ1v) is 9.06. The average molecular weight is 426 g/mol. The number of hydrogen-bond acceptors (Lipinski definition) is 4. The summed E-state index contributed by atoms with van der Waals surface area (Å²) in [6, 6.07) is 0.654. The standard InChI is InChI=1S/C17H24F6N6/c1-12(16(18,19)20)28-8-10-29(11-9-28)15(24-2)27-7-6-26-14-13(17(21,22)23)4-3-5-25-14/h3-5,12H,6-11H2,1-2H3,(H,24,27)(H,25,26). The van der Waals surface area contributed by atoms with E-state index in [2.05, 4.69) is 20.6 Å². The van der Waals surface area contributed by atoms with E-state index in [0.717, 1.165) is 13.0 Å². The van der Waals surface area contributed by atoms with E-state index in [4.69, 9.17) is 0 Å². The van der Waals surface area contributed by atoms with Crippen LogP contribution in [0, 0.1) is 0 Å². The number of aromatic nitrogens is 1. The van der Waals surface area contributed by atoms with Gasteiger partial charge >= 0.3 is 12.4 Å². The smallest absolute Gasteiger partial charge is 0.368 e. The third kappa shape index (κ3) is 6.38. The molecule has 1 aromatic heterocycles. The summed E-state index contributed by atoms with van der Waals surface area (Å²) >= 11 is 0. The minimum atomic E-state index is -4.51. The Morgan fingerprint density at radius 3 is 2.34 bits per heavy atom. The second-order valence-electron chi connectivity index (χ2n) is 6.54. The number of anilines is 1. The summed E-state index contributed by atoms with van der Waals surface area (Å²) in [6.45, 7) is 2.77. The van der Waals surface area contributed by atoms with Crippen LogP contribution in [0.3, 0.4) is 0 Å². The fraction of sp³-hybridized carbons (Fsp3) is 0.647. The molecule has 1 aliphatic heterocycles. The first kappa shape index (κ1) is 23.0. The zero-order valence-electron chi connectivity index (χ0n) is 16.1. The van der Waals surface area contributed by atoms with E-state index >= 15 is 0 Å². The van der Waals surface area contributed by atoms with E-state index < -0.39 is 24.0 Å². The van der Waals surface area contributed by atoms with Crippen molar-refractivity contribution in [1.29, 1.82) is 0 Å². The molecule has 1 aromatic rings. The maximum Gasteiger partial charge on any atom is 0.419 e. The summed E-state index contributed by atoms with van der Waals surface area (Å²) < 4.78 is 77.3. The molecule has 6 nitrogen and oxygen atoms in total. The number of halogens is 6.